The summed E-state index contributed by atoms with van der Waals surface area (Å²) in [5.41, 5.74) is 0.383. The third kappa shape index (κ3) is 4.61. The minimum absolute atomic E-state index is 0.217. The number of benzene rings is 2. The van der Waals surface area contributed by atoms with E-state index in [2.05, 4.69) is 5.32 Å². The van der Waals surface area contributed by atoms with Gasteiger partial charge in [0.05, 0.1) is 6.61 Å². The molecular formula is C20H21NO5. The highest BCUT2D eigenvalue weighted by molar-refractivity contribution is 5.96. The van der Waals surface area contributed by atoms with Crippen LogP contribution in [0.3, 0.4) is 0 Å². The highest BCUT2D eigenvalue weighted by Gasteiger charge is 2.31. The molecule has 0 unspecified atom stereocenters. The quantitative estimate of drug-likeness (QED) is 0.832. The Kier molecular flexibility index (Phi) is 5.86. The molecule has 0 aliphatic carbocycles. The maximum atomic E-state index is 12.4. The van der Waals surface area contributed by atoms with Crippen molar-refractivity contribution in [3.8, 4) is 11.5 Å². The van der Waals surface area contributed by atoms with Gasteiger partial charge in [0.25, 0.3) is 5.91 Å². The maximum Gasteiger partial charge on any atom is 0.326 e. The number of para-hydroxylation sites is 1. The summed E-state index contributed by atoms with van der Waals surface area (Å²) in [6.45, 7) is 0.987. The fraction of sp³-hybridized carbons (Fsp3) is 0.300. The van der Waals surface area contributed by atoms with Crippen molar-refractivity contribution in [1.82, 2.24) is 5.32 Å². The minimum atomic E-state index is -1.04. The Morgan fingerprint density at radius 2 is 1.77 bits per heavy atom. The first kappa shape index (κ1) is 17.9. The predicted molar refractivity (Wildman–Crippen MR) is 95.4 cm³/mol. The van der Waals surface area contributed by atoms with E-state index in [0.717, 1.165) is 12.8 Å². The summed E-state index contributed by atoms with van der Waals surface area (Å²) in [6, 6.07) is 15.0. The maximum absolute atomic E-state index is 12.4. The SMILES string of the molecule is O=C(N[C@H](C(=O)O)[C@H]1CCCOC1)c1ccc(Oc2ccccc2)cc1. The largest absolute Gasteiger partial charge is 0.480 e. The van der Waals surface area contributed by atoms with E-state index in [1.807, 2.05) is 30.3 Å². The smallest absolute Gasteiger partial charge is 0.326 e. The number of nitrogens with one attached hydrogen (secondary N) is 1. The van der Waals surface area contributed by atoms with Crippen LogP contribution in [0.2, 0.25) is 0 Å². The molecule has 0 saturated carbocycles. The van der Waals surface area contributed by atoms with Gasteiger partial charge in [-0.15, -0.1) is 0 Å². The zero-order valence-corrected chi connectivity index (χ0v) is 14.3. The molecule has 3 rings (SSSR count). The number of amides is 1. The molecular weight excluding hydrogens is 334 g/mol. The molecule has 0 spiro atoms. The van der Waals surface area contributed by atoms with Crippen LogP contribution in [0, 0.1) is 5.92 Å². The van der Waals surface area contributed by atoms with Crippen molar-refractivity contribution in [2.45, 2.75) is 18.9 Å². The summed E-state index contributed by atoms with van der Waals surface area (Å²) in [6.07, 6.45) is 1.52. The Balaban J connectivity index is 1.64. The van der Waals surface area contributed by atoms with Crippen LogP contribution in [0.15, 0.2) is 54.6 Å². The average molecular weight is 355 g/mol. The van der Waals surface area contributed by atoms with Crippen molar-refractivity contribution in [1.29, 1.82) is 0 Å². The second-order valence-corrected chi connectivity index (χ2v) is 6.21. The van der Waals surface area contributed by atoms with E-state index in [1.165, 1.54) is 0 Å². The average Bonchev–Trinajstić information content (AvgIpc) is 2.68. The molecule has 2 N–H and O–H groups in total. The number of ether oxygens (including phenoxy) is 2. The summed E-state index contributed by atoms with van der Waals surface area (Å²) in [5.74, 6) is -0.380. The molecule has 6 heteroatoms. The summed E-state index contributed by atoms with van der Waals surface area (Å²) >= 11 is 0. The van der Waals surface area contributed by atoms with Gasteiger partial charge in [-0.3, -0.25) is 4.79 Å². The Bertz CT molecular complexity index is 739. The fourth-order valence-electron chi connectivity index (χ4n) is 2.93. The molecule has 0 aromatic heterocycles. The van der Waals surface area contributed by atoms with Crippen LogP contribution in [0.4, 0.5) is 0 Å². The molecule has 1 saturated heterocycles. The molecule has 2 aromatic rings. The van der Waals surface area contributed by atoms with E-state index in [1.54, 1.807) is 24.3 Å². The molecule has 1 heterocycles. The van der Waals surface area contributed by atoms with Gasteiger partial charge in [0.1, 0.15) is 17.5 Å². The first-order valence-corrected chi connectivity index (χ1v) is 8.58. The number of carboxylic acid groups (broad SMARTS) is 1. The number of carbonyl (C=O) groups excluding carboxylic acids is 1. The highest BCUT2D eigenvalue weighted by Crippen LogP contribution is 2.22. The Morgan fingerprint density at radius 1 is 1.08 bits per heavy atom. The molecule has 1 aliphatic rings. The van der Waals surface area contributed by atoms with Crippen molar-refractivity contribution in [2.75, 3.05) is 13.2 Å². The summed E-state index contributed by atoms with van der Waals surface area (Å²) in [4.78, 5) is 23.9. The van der Waals surface area contributed by atoms with Crippen LogP contribution in [0.5, 0.6) is 11.5 Å². The molecule has 1 fully saturated rings. The number of carbonyl (C=O) groups is 2. The van der Waals surface area contributed by atoms with Crippen molar-refractivity contribution in [2.24, 2.45) is 5.92 Å². The molecule has 1 amide bonds. The lowest BCUT2D eigenvalue weighted by atomic mass is 9.93. The van der Waals surface area contributed by atoms with Gasteiger partial charge in [0, 0.05) is 18.1 Å². The van der Waals surface area contributed by atoms with Gasteiger partial charge in [-0.05, 0) is 49.2 Å². The lowest BCUT2D eigenvalue weighted by molar-refractivity contribution is -0.142. The van der Waals surface area contributed by atoms with Gasteiger partial charge in [-0.2, -0.15) is 0 Å². The first-order valence-electron chi connectivity index (χ1n) is 8.58. The normalized spacial score (nSPS) is 17.9. The zero-order chi connectivity index (χ0) is 18.4. The number of hydrogen-bond acceptors (Lipinski definition) is 4. The molecule has 136 valence electrons. The van der Waals surface area contributed by atoms with Crippen molar-refractivity contribution >= 4 is 11.9 Å². The van der Waals surface area contributed by atoms with Crippen molar-refractivity contribution in [3.05, 3.63) is 60.2 Å². The molecule has 2 aromatic carbocycles. The number of hydrogen-bond donors (Lipinski definition) is 2. The molecule has 2 atom stereocenters. The number of rotatable bonds is 6. The van der Waals surface area contributed by atoms with Gasteiger partial charge in [0.2, 0.25) is 0 Å². The van der Waals surface area contributed by atoms with Gasteiger partial charge >= 0.3 is 5.97 Å². The summed E-state index contributed by atoms with van der Waals surface area (Å²) in [7, 11) is 0. The van der Waals surface area contributed by atoms with E-state index in [9.17, 15) is 14.7 Å². The van der Waals surface area contributed by atoms with Gasteiger partial charge < -0.3 is 19.9 Å². The van der Waals surface area contributed by atoms with Crippen LogP contribution in [0.25, 0.3) is 0 Å². The monoisotopic (exact) mass is 355 g/mol. The van der Waals surface area contributed by atoms with Crippen LogP contribution < -0.4 is 10.1 Å². The van der Waals surface area contributed by atoms with E-state index in [4.69, 9.17) is 9.47 Å². The molecule has 0 bridgehead atoms. The third-order valence-electron chi connectivity index (χ3n) is 4.31. The molecule has 1 aliphatic heterocycles. The second-order valence-electron chi connectivity index (χ2n) is 6.21. The number of carboxylic acids is 1. The van der Waals surface area contributed by atoms with Crippen LogP contribution in [0.1, 0.15) is 23.2 Å². The third-order valence-corrected chi connectivity index (χ3v) is 4.31. The predicted octanol–water partition coefficient (Wildman–Crippen LogP) is 3.09. The topological polar surface area (TPSA) is 84.9 Å². The van der Waals surface area contributed by atoms with Crippen molar-refractivity contribution in [3.63, 3.8) is 0 Å². The van der Waals surface area contributed by atoms with Crippen LogP contribution >= 0.6 is 0 Å². The lowest BCUT2D eigenvalue weighted by Crippen LogP contribution is -2.48. The van der Waals surface area contributed by atoms with Crippen molar-refractivity contribution < 1.29 is 24.2 Å². The minimum Gasteiger partial charge on any atom is -0.480 e. The molecule has 0 radical (unpaired) electrons. The first-order chi connectivity index (χ1) is 12.6. The Labute approximate surface area is 151 Å². The van der Waals surface area contributed by atoms with E-state index >= 15 is 0 Å². The van der Waals surface area contributed by atoms with E-state index in [-0.39, 0.29) is 5.92 Å². The van der Waals surface area contributed by atoms with Crippen LogP contribution in [-0.4, -0.2) is 36.2 Å². The zero-order valence-electron chi connectivity index (χ0n) is 14.3. The Morgan fingerprint density at radius 3 is 2.38 bits per heavy atom. The van der Waals surface area contributed by atoms with E-state index in [0.29, 0.717) is 30.3 Å². The standard InChI is InChI=1S/C20H21NO5/c22-19(21-18(20(23)24)15-5-4-12-25-13-15)14-8-10-17(11-9-14)26-16-6-2-1-3-7-16/h1-3,6-11,15,18H,4-5,12-13H2,(H,21,22)(H,23,24)/t15-,18-/m0/s1. The fourth-order valence-corrected chi connectivity index (χ4v) is 2.93. The lowest BCUT2D eigenvalue weighted by Gasteiger charge is -2.28. The molecule has 26 heavy (non-hydrogen) atoms. The van der Waals surface area contributed by atoms with Gasteiger partial charge in [-0.25, -0.2) is 4.79 Å². The van der Waals surface area contributed by atoms with Gasteiger partial charge in [0.15, 0.2) is 0 Å². The van der Waals surface area contributed by atoms with Crippen LogP contribution in [-0.2, 0) is 9.53 Å². The number of aliphatic carboxylic acids is 1. The summed E-state index contributed by atoms with van der Waals surface area (Å²) in [5, 5.41) is 12.1. The summed E-state index contributed by atoms with van der Waals surface area (Å²) < 4.78 is 11.0. The van der Waals surface area contributed by atoms with Gasteiger partial charge in [-0.1, -0.05) is 18.2 Å². The van der Waals surface area contributed by atoms with E-state index < -0.39 is 17.9 Å². The second kappa shape index (κ2) is 8.49. The highest BCUT2D eigenvalue weighted by atomic mass is 16.5. The molecule has 6 nitrogen and oxygen atoms in total. The Hall–Kier alpha value is -2.86.